The zero-order chi connectivity index (χ0) is 11.4. The second kappa shape index (κ2) is 8.69. The van der Waals surface area contributed by atoms with E-state index in [0.29, 0.717) is 6.54 Å². The van der Waals surface area contributed by atoms with E-state index in [9.17, 15) is 4.79 Å². The quantitative estimate of drug-likeness (QED) is 0.890. The van der Waals surface area contributed by atoms with Crippen LogP contribution in [0.2, 0.25) is 0 Å². The van der Waals surface area contributed by atoms with E-state index in [1.165, 1.54) is 0 Å². The van der Waals surface area contributed by atoms with Crippen LogP contribution in [-0.2, 0) is 11.2 Å². The minimum atomic E-state index is 0. The average molecular weight is 312 g/mol. The molecular formula is C11H19Cl2N3OS. The Balaban J connectivity index is 0.00000144. The SMILES string of the molecule is Cl.Cl.NC1CCCC1C(=O)NCCc1nccs1. The van der Waals surface area contributed by atoms with Gasteiger partial charge < -0.3 is 11.1 Å². The van der Waals surface area contributed by atoms with E-state index < -0.39 is 0 Å². The molecule has 1 aliphatic carbocycles. The lowest BCUT2D eigenvalue weighted by molar-refractivity contribution is -0.125. The zero-order valence-electron chi connectivity index (χ0n) is 10.0. The molecule has 0 bridgehead atoms. The molecule has 0 aliphatic heterocycles. The van der Waals surface area contributed by atoms with Crippen LogP contribution >= 0.6 is 36.2 Å². The predicted octanol–water partition coefficient (Wildman–Crippen LogP) is 1.77. The Kier molecular flexibility index (Phi) is 8.52. The van der Waals surface area contributed by atoms with Crippen molar-refractivity contribution in [2.75, 3.05) is 6.54 Å². The maximum atomic E-state index is 11.8. The molecule has 3 N–H and O–H groups in total. The summed E-state index contributed by atoms with van der Waals surface area (Å²) < 4.78 is 0. The van der Waals surface area contributed by atoms with Gasteiger partial charge in [0.2, 0.25) is 5.91 Å². The monoisotopic (exact) mass is 311 g/mol. The van der Waals surface area contributed by atoms with Crippen LogP contribution in [0.1, 0.15) is 24.3 Å². The lowest BCUT2D eigenvalue weighted by Crippen LogP contribution is -2.39. The number of aromatic nitrogens is 1. The largest absolute Gasteiger partial charge is 0.355 e. The number of nitrogens with one attached hydrogen (secondary N) is 1. The smallest absolute Gasteiger partial charge is 0.224 e. The number of rotatable bonds is 4. The first-order valence-corrected chi connectivity index (χ1v) is 6.57. The van der Waals surface area contributed by atoms with Gasteiger partial charge >= 0.3 is 0 Å². The molecule has 2 atom stereocenters. The number of amides is 1. The maximum Gasteiger partial charge on any atom is 0.224 e. The topological polar surface area (TPSA) is 68.0 Å². The normalized spacial score (nSPS) is 21.8. The second-order valence-electron chi connectivity index (χ2n) is 4.17. The highest BCUT2D eigenvalue weighted by molar-refractivity contribution is 7.09. The molecule has 7 heteroatoms. The lowest BCUT2D eigenvalue weighted by atomic mass is 10.0. The molecule has 1 amide bonds. The van der Waals surface area contributed by atoms with E-state index in [0.717, 1.165) is 30.7 Å². The first-order chi connectivity index (χ1) is 7.77. The van der Waals surface area contributed by atoms with Crippen molar-refractivity contribution < 1.29 is 4.79 Å². The molecule has 0 radical (unpaired) electrons. The number of hydrogen-bond acceptors (Lipinski definition) is 4. The second-order valence-corrected chi connectivity index (χ2v) is 5.15. The fraction of sp³-hybridized carbons (Fsp3) is 0.636. The number of carbonyl (C=O) groups is 1. The van der Waals surface area contributed by atoms with Gasteiger partial charge in [-0.05, 0) is 12.8 Å². The Morgan fingerprint density at radius 3 is 2.83 bits per heavy atom. The summed E-state index contributed by atoms with van der Waals surface area (Å²) in [6, 6.07) is 0.0554. The van der Waals surface area contributed by atoms with Crippen molar-refractivity contribution in [3.05, 3.63) is 16.6 Å². The van der Waals surface area contributed by atoms with Crippen LogP contribution in [0.4, 0.5) is 0 Å². The van der Waals surface area contributed by atoms with E-state index in [4.69, 9.17) is 5.73 Å². The van der Waals surface area contributed by atoms with Crippen LogP contribution in [0.3, 0.4) is 0 Å². The molecule has 1 saturated carbocycles. The maximum absolute atomic E-state index is 11.8. The summed E-state index contributed by atoms with van der Waals surface area (Å²) in [6.07, 6.45) is 5.58. The van der Waals surface area contributed by atoms with E-state index in [1.54, 1.807) is 17.5 Å². The van der Waals surface area contributed by atoms with Crippen molar-refractivity contribution >= 4 is 42.1 Å². The molecule has 0 spiro atoms. The minimum Gasteiger partial charge on any atom is -0.355 e. The van der Waals surface area contributed by atoms with Crippen LogP contribution in [0, 0.1) is 5.92 Å². The molecule has 18 heavy (non-hydrogen) atoms. The summed E-state index contributed by atoms with van der Waals surface area (Å²) in [6.45, 7) is 0.662. The fourth-order valence-electron chi connectivity index (χ4n) is 2.11. The van der Waals surface area contributed by atoms with E-state index >= 15 is 0 Å². The summed E-state index contributed by atoms with van der Waals surface area (Å²) in [5.74, 6) is 0.137. The Bertz CT molecular complexity index is 348. The van der Waals surface area contributed by atoms with Crippen molar-refractivity contribution in [1.82, 2.24) is 10.3 Å². The molecule has 104 valence electrons. The number of carbonyl (C=O) groups excluding carboxylic acids is 1. The number of thiazole rings is 1. The average Bonchev–Trinajstić information content (AvgIpc) is 2.88. The van der Waals surface area contributed by atoms with Crippen molar-refractivity contribution in [2.24, 2.45) is 11.7 Å². The Morgan fingerprint density at radius 1 is 1.50 bits per heavy atom. The number of hydrogen-bond donors (Lipinski definition) is 2. The molecule has 1 heterocycles. The Labute approximate surface area is 124 Å². The summed E-state index contributed by atoms with van der Waals surface area (Å²) in [7, 11) is 0. The number of halogens is 2. The van der Waals surface area contributed by atoms with Gasteiger partial charge in [-0.1, -0.05) is 6.42 Å². The summed E-state index contributed by atoms with van der Waals surface area (Å²) in [5, 5.41) is 5.96. The van der Waals surface area contributed by atoms with Gasteiger partial charge in [0, 0.05) is 30.6 Å². The van der Waals surface area contributed by atoms with Crippen LogP contribution in [0.5, 0.6) is 0 Å². The third-order valence-corrected chi connectivity index (χ3v) is 3.87. The molecule has 1 aromatic rings. The molecule has 1 aromatic heterocycles. The highest BCUT2D eigenvalue weighted by Gasteiger charge is 2.29. The molecule has 2 rings (SSSR count). The predicted molar refractivity (Wildman–Crippen MR) is 78.6 cm³/mol. The fourth-order valence-corrected chi connectivity index (χ4v) is 2.73. The minimum absolute atomic E-state index is 0. The molecule has 0 saturated heterocycles. The van der Waals surface area contributed by atoms with Crippen molar-refractivity contribution in [1.29, 1.82) is 0 Å². The molecule has 0 aromatic carbocycles. The molecule has 4 nitrogen and oxygen atoms in total. The van der Waals surface area contributed by atoms with Gasteiger partial charge in [0.15, 0.2) is 0 Å². The molecule has 2 unspecified atom stereocenters. The van der Waals surface area contributed by atoms with Crippen LogP contribution in [-0.4, -0.2) is 23.5 Å². The first-order valence-electron chi connectivity index (χ1n) is 5.69. The van der Waals surface area contributed by atoms with E-state index in [2.05, 4.69) is 10.3 Å². The lowest BCUT2D eigenvalue weighted by Gasteiger charge is -2.14. The molecule has 1 fully saturated rings. The van der Waals surface area contributed by atoms with Gasteiger partial charge in [-0.15, -0.1) is 36.2 Å². The van der Waals surface area contributed by atoms with E-state index in [-0.39, 0.29) is 42.7 Å². The van der Waals surface area contributed by atoms with E-state index in [1.807, 2.05) is 5.38 Å². The van der Waals surface area contributed by atoms with Crippen LogP contribution < -0.4 is 11.1 Å². The van der Waals surface area contributed by atoms with Gasteiger partial charge in [0.1, 0.15) is 0 Å². The van der Waals surface area contributed by atoms with Gasteiger partial charge in [0.25, 0.3) is 0 Å². The summed E-state index contributed by atoms with van der Waals surface area (Å²) in [5.41, 5.74) is 5.88. The number of nitrogens with zero attached hydrogens (tertiary/aromatic N) is 1. The molecular weight excluding hydrogens is 293 g/mol. The zero-order valence-corrected chi connectivity index (χ0v) is 12.5. The van der Waals surface area contributed by atoms with Crippen LogP contribution in [0.15, 0.2) is 11.6 Å². The van der Waals surface area contributed by atoms with Crippen molar-refractivity contribution in [3.8, 4) is 0 Å². The number of nitrogens with two attached hydrogens (primary N) is 1. The van der Waals surface area contributed by atoms with Crippen molar-refractivity contribution in [2.45, 2.75) is 31.7 Å². The highest BCUT2D eigenvalue weighted by Crippen LogP contribution is 2.23. The third-order valence-electron chi connectivity index (χ3n) is 3.03. The van der Waals surface area contributed by atoms with Gasteiger partial charge in [0.05, 0.1) is 10.9 Å². The van der Waals surface area contributed by atoms with Gasteiger partial charge in [-0.3, -0.25) is 4.79 Å². The van der Waals surface area contributed by atoms with Gasteiger partial charge in [-0.2, -0.15) is 0 Å². The Morgan fingerprint density at radius 2 is 2.28 bits per heavy atom. The van der Waals surface area contributed by atoms with Crippen molar-refractivity contribution in [3.63, 3.8) is 0 Å². The standard InChI is InChI=1S/C11H17N3OS.2ClH/c12-9-3-1-2-8(9)11(15)14-5-4-10-13-6-7-16-10;;/h6-9H,1-5,12H2,(H,14,15);2*1H. The summed E-state index contributed by atoms with van der Waals surface area (Å²) in [4.78, 5) is 15.9. The highest BCUT2D eigenvalue weighted by atomic mass is 35.5. The van der Waals surface area contributed by atoms with Gasteiger partial charge in [-0.25, -0.2) is 4.98 Å². The third kappa shape index (κ3) is 4.72. The first kappa shape index (κ1) is 17.6. The Hall–Kier alpha value is -0.360. The summed E-state index contributed by atoms with van der Waals surface area (Å²) >= 11 is 1.62. The van der Waals surface area contributed by atoms with Crippen LogP contribution in [0.25, 0.3) is 0 Å². The molecule has 1 aliphatic rings.